The Labute approximate surface area is 846 Å². The molecule has 0 spiro atoms. The fraction of sp³-hybridized carbons (Fsp3) is 0.0820. The molecule has 12 heteroatoms. The zero-order valence-corrected chi connectivity index (χ0v) is 84.9. The summed E-state index contributed by atoms with van der Waals surface area (Å²) in [4.78, 5) is 34.7. The van der Waals surface area contributed by atoms with Crippen LogP contribution >= 0.6 is 0 Å². The molecule has 0 aliphatic carbocycles. The van der Waals surface area contributed by atoms with E-state index >= 15 is 0 Å². The first-order valence-corrected chi connectivity index (χ1v) is 43.6. The van der Waals surface area contributed by atoms with Crippen LogP contribution in [0.25, 0.3) is 135 Å². The molecule has 0 unspecified atom stereocenters. The third kappa shape index (κ3) is 33.6. The Kier molecular flexibility index (Phi) is 44.8. The molecule has 0 N–H and O–H groups in total. The Morgan fingerprint density at radius 2 is 0.463 bits per heavy atom. The molecular weight excluding hydrogens is 2350 g/mol. The molecule has 20 aromatic rings. The van der Waals surface area contributed by atoms with E-state index in [1.165, 1.54) is 66.8 Å². The molecule has 0 atom stereocenters. The summed E-state index contributed by atoms with van der Waals surface area (Å²) < 4.78 is 0. The first-order valence-electron chi connectivity index (χ1n) is 43.6. The number of pyridine rings is 8. The predicted molar refractivity (Wildman–Crippen MR) is 537 cm³/mol. The minimum atomic E-state index is 0. The van der Waals surface area contributed by atoms with Gasteiger partial charge in [0, 0.05) is 130 Å². The van der Waals surface area contributed by atoms with Gasteiger partial charge >= 0.3 is 0 Å². The van der Waals surface area contributed by atoms with Gasteiger partial charge in [-0.15, -0.1) is 287 Å². The van der Waals surface area contributed by atoms with E-state index in [0.717, 1.165) is 103 Å². The fourth-order valence-corrected chi connectivity index (χ4v) is 13.7. The van der Waals surface area contributed by atoms with Crippen LogP contribution in [-0.2, 0) is 93.3 Å². The fourth-order valence-electron chi connectivity index (χ4n) is 13.7. The van der Waals surface area contributed by atoms with E-state index in [0.29, 0.717) is 11.8 Å². The second kappa shape index (κ2) is 57.7. The van der Waals surface area contributed by atoms with Crippen molar-refractivity contribution in [2.24, 2.45) is 5.92 Å². The van der Waals surface area contributed by atoms with E-state index in [2.05, 4.69) is 269 Å². The summed E-state index contributed by atoms with van der Waals surface area (Å²) in [6, 6.07) is 163. The normalized spacial score (nSPS) is 9.97. The van der Waals surface area contributed by atoms with Gasteiger partial charge in [-0.3, -0.25) is 0 Å². The van der Waals surface area contributed by atoms with E-state index in [1.54, 1.807) is 24.8 Å². The van der Waals surface area contributed by atoms with E-state index in [-0.39, 0.29) is 80.4 Å². The number of rotatable bonds is 16. The standard InChI is InChI=1S/C21H20N.C20H18N.C19H16N.C18H14N.4C11H8N.4Ir/c1-16(2)14-17-8-10-18(11-9-17)20-12-13-22-21(15-20)19-6-4-3-5-7-19;1-15(2)16-8-10-17(11-9-16)19-12-13-21-20(14-19)18-6-4-3-5-7-18;1-2-15-7-6-10-17(13-15)18-11-12-20-19(14-18)16-8-4-3-5-9-16;1-14-6-5-9-16(12-14)17-10-11-19-18(13-17)15-7-3-2-4-8-15;4*1-2-6-10(7-3-1)11-8-4-5-9-12-11;;;;/h3-6,8-13,15-16H,14H2,1-2H3;3-6,8-15H,1-2H3;3-8,10-14H,2H2,1H3;2-7,9-13H,1H3;4*1-6,8-9H;;;;/q8*-1;;;;. The summed E-state index contributed by atoms with van der Waals surface area (Å²) in [5.74, 6) is 1.25. The quantitative estimate of drug-likeness (QED) is 0.0882. The minimum absolute atomic E-state index is 0. The second-order valence-corrected chi connectivity index (χ2v) is 30.8. The summed E-state index contributed by atoms with van der Waals surface area (Å²) in [5.41, 5.74) is 31.0. The van der Waals surface area contributed by atoms with Gasteiger partial charge in [-0.05, 0) is 187 Å². The van der Waals surface area contributed by atoms with E-state index in [4.69, 9.17) is 0 Å². The van der Waals surface area contributed by atoms with Crippen LogP contribution in [0.2, 0.25) is 0 Å². The van der Waals surface area contributed by atoms with E-state index < -0.39 is 0 Å². The van der Waals surface area contributed by atoms with Crippen molar-refractivity contribution >= 4 is 0 Å². The second-order valence-electron chi connectivity index (χ2n) is 30.8. The summed E-state index contributed by atoms with van der Waals surface area (Å²) in [6.45, 7) is 13.2. The Balaban J connectivity index is 0.000000173. The average Bonchev–Trinajstić information content (AvgIpc) is 0.839. The first kappa shape index (κ1) is 104. The number of hydrogen-bond acceptors (Lipinski definition) is 8. The minimum Gasteiger partial charge on any atom is -0.305 e. The van der Waals surface area contributed by atoms with E-state index in [9.17, 15) is 0 Å². The molecule has 12 aromatic carbocycles. The van der Waals surface area contributed by atoms with Crippen molar-refractivity contribution in [1.29, 1.82) is 0 Å². The Morgan fingerprint density at radius 1 is 0.209 bits per heavy atom. The van der Waals surface area contributed by atoms with Gasteiger partial charge < -0.3 is 39.9 Å². The topological polar surface area (TPSA) is 103 Å². The SMILES string of the molecule is CC(C)Cc1ccc(-c2ccnc(-c3[c-]cccc3)c2)cc1.CC(C)c1ccc(-c2ccnc(-c3[c-]cccc3)c2)cc1.CCc1cccc(-c2ccnc(-c3[c-]cccc3)c2)c1.Cc1cccc(-c2ccnc(-c3[c-]cccc3)c2)c1.[Ir].[Ir].[Ir].[Ir].[c-]1ccccc1-c1ccccn1.[c-]1ccccc1-c1ccccn1.[c-]1ccccc1-c1ccccn1.[c-]1ccccc1-c1ccccn1. The molecule has 8 aromatic heterocycles. The van der Waals surface area contributed by atoms with Crippen LogP contribution in [-0.4, -0.2) is 39.9 Å². The molecule has 0 aliphatic rings. The summed E-state index contributed by atoms with van der Waals surface area (Å²) in [5, 5.41) is 0. The Bertz CT molecular complexity index is 6160. The zero-order chi connectivity index (χ0) is 89.8. The number of hydrogen-bond donors (Lipinski definition) is 0. The van der Waals surface area contributed by atoms with Crippen LogP contribution in [0.1, 0.15) is 62.8 Å². The van der Waals surface area contributed by atoms with Gasteiger partial charge in [0.15, 0.2) is 0 Å². The summed E-state index contributed by atoms with van der Waals surface area (Å²) in [6.07, 6.45) is 16.8. The molecule has 0 amide bonds. The summed E-state index contributed by atoms with van der Waals surface area (Å²) >= 11 is 0. The third-order valence-corrected chi connectivity index (χ3v) is 20.4. The number of aromatic nitrogens is 8. The molecule has 0 fully saturated rings. The Morgan fingerprint density at radius 3 is 0.716 bits per heavy atom. The van der Waals surface area contributed by atoms with Crippen LogP contribution in [0.5, 0.6) is 0 Å². The van der Waals surface area contributed by atoms with Crippen molar-refractivity contribution in [3.05, 3.63) is 533 Å². The molecule has 8 heterocycles. The molecule has 8 nitrogen and oxygen atoms in total. The van der Waals surface area contributed by atoms with Crippen LogP contribution in [0.4, 0.5) is 0 Å². The molecule has 134 heavy (non-hydrogen) atoms. The average molecular weight is 2450 g/mol. The zero-order valence-electron chi connectivity index (χ0n) is 75.4. The summed E-state index contributed by atoms with van der Waals surface area (Å²) in [7, 11) is 0. The number of aryl methyl sites for hydroxylation is 2. The predicted octanol–water partition coefficient (Wildman–Crippen LogP) is 30.2. The molecule has 672 valence electrons. The monoisotopic (exact) mass is 2450 g/mol. The molecule has 0 bridgehead atoms. The van der Waals surface area contributed by atoms with Gasteiger partial charge in [0.05, 0.1) is 0 Å². The number of nitrogens with zero attached hydrogens (tertiary/aromatic N) is 8. The maximum Gasteiger partial charge on any atom is 0.0166 e. The van der Waals surface area contributed by atoms with Crippen molar-refractivity contribution in [3.63, 3.8) is 0 Å². The molecular formula is C122H100Ir4N8-8. The number of benzene rings is 12. The van der Waals surface area contributed by atoms with Crippen molar-refractivity contribution < 1.29 is 80.4 Å². The first-order chi connectivity index (χ1) is 64.0. The van der Waals surface area contributed by atoms with Gasteiger partial charge in [0.2, 0.25) is 0 Å². The maximum absolute atomic E-state index is 4.46. The maximum atomic E-state index is 4.46. The van der Waals surface area contributed by atoms with Crippen molar-refractivity contribution in [2.75, 3.05) is 0 Å². The molecule has 4 radical (unpaired) electrons. The van der Waals surface area contributed by atoms with Crippen LogP contribution in [0.15, 0.2) is 462 Å². The van der Waals surface area contributed by atoms with Crippen LogP contribution in [0.3, 0.4) is 0 Å². The van der Waals surface area contributed by atoms with Gasteiger partial charge in [0.25, 0.3) is 0 Å². The Hall–Kier alpha value is -13.6. The van der Waals surface area contributed by atoms with Gasteiger partial charge in [-0.2, -0.15) is 0 Å². The largest absolute Gasteiger partial charge is 0.305 e. The molecule has 20 rings (SSSR count). The molecule has 0 aliphatic heterocycles. The van der Waals surface area contributed by atoms with Gasteiger partial charge in [-0.1, -0.05) is 210 Å². The van der Waals surface area contributed by atoms with Crippen LogP contribution < -0.4 is 0 Å². The smallest absolute Gasteiger partial charge is 0.0166 e. The molecule has 0 saturated heterocycles. The molecule has 0 saturated carbocycles. The van der Waals surface area contributed by atoms with E-state index in [1.807, 2.05) is 298 Å². The van der Waals surface area contributed by atoms with Crippen LogP contribution in [0, 0.1) is 61.4 Å². The third-order valence-electron chi connectivity index (χ3n) is 20.4. The van der Waals surface area contributed by atoms with Crippen molar-refractivity contribution in [3.8, 4) is 135 Å². The van der Waals surface area contributed by atoms with Gasteiger partial charge in [-0.25, -0.2) is 0 Å². The van der Waals surface area contributed by atoms with Crippen molar-refractivity contribution in [1.82, 2.24) is 39.9 Å². The van der Waals surface area contributed by atoms with Gasteiger partial charge in [0.1, 0.15) is 0 Å². The van der Waals surface area contributed by atoms with Crippen molar-refractivity contribution in [2.45, 2.75) is 60.3 Å².